The molecule has 0 saturated heterocycles. The highest BCUT2D eigenvalue weighted by Gasteiger charge is 2.19. The fourth-order valence-corrected chi connectivity index (χ4v) is 2.96. The molecule has 28 heavy (non-hydrogen) atoms. The summed E-state index contributed by atoms with van der Waals surface area (Å²) in [4.78, 5) is 35.4. The van der Waals surface area contributed by atoms with Crippen LogP contribution in [-0.4, -0.2) is 24.6 Å². The summed E-state index contributed by atoms with van der Waals surface area (Å²) in [5.41, 5.74) is 0.864. The van der Waals surface area contributed by atoms with Gasteiger partial charge in [0.15, 0.2) is 6.04 Å². The lowest BCUT2D eigenvalue weighted by Crippen LogP contribution is -2.20. The molecule has 2 atom stereocenters. The first kappa shape index (κ1) is 21.8. The fraction of sp³-hybridized carbons (Fsp3) is 0.263. The molecule has 0 fully saturated rings. The summed E-state index contributed by atoms with van der Waals surface area (Å²) in [6, 6.07) is 14.7. The van der Waals surface area contributed by atoms with E-state index in [0.717, 1.165) is 5.56 Å². The number of benzene rings is 2. The van der Waals surface area contributed by atoms with Gasteiger partial charge in [-0.2, -0.15) is 0 Å². The number of carbonyl (C=O) groups excluding carboxylic acids is 2. The van der Waals surface area contributed by atoms with E-state index in [2.05, 4.69) is 4.74 Å². The van der Waals surface area contributed by atoms with E-state index in [-0.39, 0.29) is 30.4 Å². The molecule has 2 rings (SSSR count). The van der Waals surface area contributed by atoms with Crippen LogP contribution in [0.1, 0.15) is 18.9 Å². The highest BCUT2D eigenvalue weighted by atomic mass is 35.5. The molecule has 0 amide bonds. The van der Waals surface area contributed by atoms with Gasteiger partial charge >= 0.3 is 20.1 Å². The van der Waals surface area contributed by atoms with E-state index in [1.54, 1.807) is 18.2 Å². The number of para-hydroxylation sites is 1. The SMILES string of the molecule is C[C@H](N=[P+]([O-])Oc1ccccc1Cl)C(=O)OCCC(=O)OCc1ccccc1. The van der Waals surface area contributed by atoms with Crippen LogP contribution in [0.2, 0.25) is 5.02 Å². The van der Waals surface area contributed by atoms with E-state index in [4.69, 9.17) is 25.6 Å². The molecule has 0 bridgehead atoms. The molecule has 0 aromatic heterocycles. The zero-order valence-corrected chi connectivity index (χ0v) is 16.8. The minimum Gasteiger partial charge on any atom is -0.575 e. The normalized spacial score (nSPS) is 12.2. The van der Waals surface area contributed by atoms with Crippen molar-refractivity contribution in [2.45, 2.75) is 26.0 Å². The number of nitrogens with zero attached hydrogens (tertiary/aromatic N) is 1. The summed E-state index contributed by atoms with van der Waals surface area (Å²) in [5.74, 6) is -1.01. The molecule has 0 heterocycles. The second kappa shape index (κ2) is 11.4. The Hall–Kier alpha value is -2.47. The number of hydrogen-bond acceptors (Lipinski definition) is 7. The van der Waals surface area contributed by atoms with Crippen LogP contribution in [0.5, 0.6) is 5.75 Å². The van der Waals surface area contributed by atoms with Gasteiger partial charge in [-0.25, -0.2) is 4.79 Å². The molecule has 2 aromatic carbocycles. The number of ether oxygens (including phenoxy) is 2. The second-order valence-electron chi connectivity index (χ2n) is 5.61. The van der Waals surface area contributed by atoms with E-state index >= 15 is 0 Å². The predicted molar refractivity (Wildman–Crippen MR) is 103 cm³/mol. The van der Waals surface area contributed by atoms with Crippen molar-refractivity contribution in [1.29, 1.82) is 0 Å². The quantitative estimate of drug-likeness (QED) is 0.451. The van der Waals surface area contributed by atoms with Gasteiger partial charge in [-0.15, -0.1) is 0 Å². The van der Waals surface area contributed by atoms with Gasteiger partial charge in [-0.05, 0) is 24.6 Å². The maximum atomic E-state index is 11.9. The van der Waals surface area contributed by atoms with Crippen LogP contribution in [0.15, 0.2) is 59.3 Å². The highest BCUT2D eigenvalue weighted by Crippen LogP contribution is 2.30. The molecule has 0 N–H and O–H groups in total. The smallest absolute Gasteiger partial charge is 0.395 e. The first-order valence-electron chi connectivity index (χ1n) is 8.42. The molecule has 148 valence electrons. The summed E-state index contributed by atoms with van der Waals surface area (Å²) < 4.78 is 18.9. The fourth-order valence-electron chi connectivity index (χ4n) is 1.98. The van der Waals surface area contributed by atoms with Gasteiger partial charge in [0.25, 0.3) is 0 Å². The van der Waals surface area contributed by atoms with Crippen molar-refractivity contribution in [2.24, 2.45) is 4.74 Å². The molecule has 0 saturated carbocycles. The largest absolute Gasteiger partial charge is 0.575 e. The molecule has 1 unspecified atom stereocenters. The zero-order chi connectivity index (χ0) is 20.4. The molecule has 2 aromatic rings. The maximum absolute atomic E-state index is 11.9. The Labute approximate surface area is 168 Å². The maximum Gasteiger partial charge on any atom is 0.395 e. The number of carbonyl (C=O) groups is 2. The van der Waals surface area contributed by atoms with Crippen LogP contribution < -0.4 is 9.42 Å². The van der Waals surface area contributed by atoms with Crippen LogP contribution in [0.25, 0.3) is 0 Å². The summed E-state index contributed by atoms with van der Waals surface area (Å²) in [5, 5.41) is 0.283. The average molecular weight is 424 g/mol. The Morgan fingerprint density at radius 1 is 1.11 bits per heavy atom. The van der Waals surface area contributed by atoms with Gasteiger partial charge in [0, 0.05) is 0 Å². The molecule has 0 aliphatic rings. The van der Waals surface area contributed by atoms with Crippen molar-refractivity contribution in [3.63, 3.8) is 0 Å². The lowest BCUT2D eigenvalue weighted by Gasteiger charge is -2.07. The van der Waals surface area contributed by atoms with Crippen LogP contribution >= 0.6 is 19.8 Å². The number of rotatable bonds is 9. The molecule has 0 radical (unpaired) electrons. The van der Waals surface area contributed by atoms with Crippen molar-refractivity contribution in [1.82, 2.24) is 0 Å². The number of hydrogen-bond donors (Lipinski definition) is 0. The minimum absolute atomic E-state index is 0.0897. The lowest BCUT2D eigenvalue weighted by atomic mass is 10.2. The number of esters is 2. The third kappa shape index (κ3) is 7.64. The van der Waals surface area contributed by atoms with Crippen LogP contribution in [0.4, 0.5) is 0 Å². The third-order valence-corrected chi connectivity index (χ3v) is 4.61. The van der Waals surface area contributed by atoms with Gasteiger partial charge in [-0.3, -0.25) is 9.32 Å². The van der Waals surface area contributed by atoms with Gasteiger partial charge in [0.2, 0.25) is 5.75 Å². The van der Waals surface area contributed by atoms with E-state index in [1.165, 1.54) is 13.0 Å². The summed E-state index contributed by atoms with van der Waals surface area (Å²) in [6.45, 7) is 1.41. The van der Waals surface area contributed by atoms with Crippen molar-refractivity contribution in [3.8, 4) is 5.75 Å². The van der Waals surface area contributed by atoms with Gasteiger partial charge < -0.3 is 14.4 Å². The molecular formula is C19H19ClNO6P. The van der Waals surface area contributed by atoms with E-state index in [0.29, 0.717) is 0 Å². The van der Waals surface area contributed by atoms with Gasteiger partial charge in [-0.1, -0.05) is 58.8 Å². The molecule has 0 aliphatic heterocycles. The molecule has 9 heteroatoms. The van der Waals surface area contributed by atoms with E-state index < -0.39 is 26.1 Å². The molecule has 0 aliphatic carbocycles. The van der Waals surface area contributed by atoms with Gasteiger partial charge in [0.1, 0.15) is 13.2 Å². The van der Waals surface area contributed by atoms with Crippen molar-refractivity contribution in [2.75, 3.05) is 6.61 Å². The second-order valence-corrected chi connectivity index (χ2v) is 6.91. The monoisotopic (exact) mass is 423 g/mol. The van der Waals surface area contributed by atoms with Crippen molar-refractivity contribution >= 4 is 31.7 Å². The minimum atomic E-state index is -2.51. The standard InChI is InChI=1S/C19H19ClNO6P/c1-14(21-28(24)27-17-10-6-5-9-16(17)20)19(23)25-12-11-18(22)26-13-15-7-3-2-4-8-15/h2-10,14H,11-13H2,1H3/t14-/m0/s1. The summed E-state index contributed by atoms with van der Waals surface area (Å²) in [6.07, 6.45) is -0.0897. The van der Waals surface area contributed by atoms with Crippen LogP contribution in [0.3, 0.4) is 0 Å². The first-order valence-corrected chi connectivity index (χ1v) is 9.93. The number of halogens is 1. The van der Waals surface area contributed by atoms with E-state index in [1.807, 2.05) is 30.3 Å². The summed E-state index contributed by atoms with van der Waals surface area (Å²) >= 11 is 5.90. The van der Waals surface area contributed by atoms with Crippen LogP contribution in [-0.2, 0) is 25.7 Å². The lowest BCUT2D eigenvalue weighted by molar-refractivity contribution is -0.169. The Morgan fingerprint density at radius 3 is 2.50 bits per heavy atom. The molecular weight excluding hydrogens is 405 g/mol. The Kier molecular flexibility index (Phi) is 8.88. The van der Waals surface area contributed by atoms with Crippen molar-refractivity contribution < 1.29 is 28.5 Å². The highest BCUT2D eigenvalue weighted by molar-refractivity contribution is 7.34. The van der Waals surface area contributed by atoms with E-state index in [9.17, 15) is 14.5 Å². The third-order valence-electron chi connectivity index (χ3n) is 3.41. The Balaban J connectivity index is 1.71. The zero-order valence-electron chi connectivity index (χ0n) is 15.1. The molecule has 7 nitrogen and oxygen atoms in total. The predicted octanol–water partition coefficient (Wildman–Crippen LogP) is 3.64. The topological polar surface area (TPSA) is 97.3 Å². The van der Waals surface area contributed by atoms with Gasteiger partial charge in [0.05, 0.1) is 11.4 Å². The summed E-state index contributed by atoms with van der Waals surface area (Å²) in [7, 11) is -2.51. The van der Waals surface area contributed by atoms with Crippen LogP contribution in [0, 0.1) is 0 Å². The molecule has 0 spiro atoms. The Morgan fingerprint density at radius 2 is 1.79 bits per heavy atom. The first-order chi connectivity index (χ1) is 13.5. The average Bonchev–Trinajstić information content (AvgIpc) is 2.68. The Bertz CT molecular complexity index is 830. The van der Waals surface area contributed by atoms with Crippen molar-refractivity contribution in [3.05, 3.63) is 65.2 Å².